The van der Waals surface area contributed by atoms with Crippen LogP contribution in [0.4, 0.5) is 0 Å². The maximum Gasteiger partial charge on any atom is 0.129 e. The van der Waals surface area contributed by atoms with Crippen LogP contribution in [0.5, 0.6) is 0 Å². The van der Waals surface area contributed by atoms with E-state index in [2.05, 4.69) is 0 Å². The van der Waals surface area contributed by atoms with Crippen LogP contribution >= 0.6 is 0 Å². The highest BCUT2D eigenvalue weighted by atomic mass is 16.5. The summed E-state index contributed by atoms with van der Waals surface area (Å²) in [6.07, 6.45) is 3.17. The smallest absolute Gasteiger partial charge is 0.129 e. The van der Waals surface area contributed by atoms with Crippen molar-refractivity contribution in [2.24, 2.45) is 11.5 Å². The van der Waals surface area contributed by atoms with Gasteiger partial charge in [0.15, 0.2) is 0 Å². The molecule has 4 N–H and O–H groups in total. The third-order valence-electron chi connectivity index (χ3n) is 0.953. The van der Waals surface area contributed by atoms with Crippen molar-refractivity contribution < 1.29 is 4.74 Å². The predicted molar refractivity (Wildman–Crippen MR) is 30.5 cm³/mol. The maximum absolute atomic E-state index is 5.37. The van der Waals surface area contributed by atoms with Crippen molar-refractivity contribution >= 4 is 0 Å². The molecule has 0 saturated carbocycles. The van der Waals surface area contributed by atoms with E-state index in [4.69, 9.17) is 16.2 Å². The summed E-state index contributed by atoms with van der Waals surface area (Å²) in [7, 11) is 0. The average Bonchev–Trinajstić information content (AvgIpc) is 1.77. The molecule has 0 bridgehead atoms. The van der Waals surface area contributed by atoms with Crippen LogP contribution in [0.25, 0.3) is 0 Å². The second-order valence-electron chi connectivity index (χ2n) is 1.59. The summed E-state index contributed by atoms with van der Waals surface area (Å²) in [6, 6.07) is 0. The van der Waals surface area contributed by atoms with E-state index in [0.29, 0.717) is 18.0 Å². The molecule has 3 heteroatoms. The Balaban J connectivity index is 2.76. The van der Waals surface area contributed by atoms with E-state index < -0.39 is 0 Å². The van der Waals surface area contributed by atoms with Crippen LogP contribution in [-0.4, -0.2) is 6.61 Å². The predicted octanol–water partition coefficient (Wildman–Crippen LogP) is -0.341. The monoisotopic (exact) mass is 112 g/mol. The third-order valence-corrected chi connectivity index (χ3v) is 0.953. The fraction of sp³-hybridized carbons (Fsp3) is 0.200. The Labute approximate surface area is 47.6 Å². The van der Waals surface area contributed by atoms with Gasteiger partial charge in [-0.3, -0.25) is 0 Å². The van der Waals surface area contributed by atoms with Crippen molar-refractivity contribution in [2.75, 3.05) is 6.61 Å². The Kier molecular flexibility index (Phi) is 1.12. The molecule has 8 heavy (non-hydrogen) atoms. The zero-order valence-electron chi connectivity index (χ0n) is 4.42. The van der Waals surface area contributed by atoms with Gasteiger partial charge in [-0.2, -0.15) is 0 Å². The fourth-order valence-electron chi connectivity index (χ4n) is 0.450. The molecular weight excluding hydrogens is 104 g/mol. The molecule has 0 aromatic rings. The van der Waals surface area contributed by atoms with Crippen LogP contribution in [0, 0.1) is 0 Å². The fourth-order valence-corrected chi connectivity index (χ4v) is 0.450. The van der Waals surface area contributed by atoms with E-state index in [-0.39, 0.29) is 0 Å². The van der Waals surface area contributed by atoms with Crippen molar-refractivity contribution in [3.8, 4) is 0 Å². The number of rotatable bonds is 0. The lowest BCUT2D eigenvalue weighted by Crippen LogP contribution is -2.15. The van der Waals surface area contributed by atoms with Gasteiger partial charge in [-0.25, -0.2) is 0 Å². The number of nitrogens with two attached hydrogens (primary N) is 2. The lowest BCUT2D eigenvalue weighted by molar-refractivity contribution is 0.272. The van der Waals surface area contributed by atoms with Gasteiger partial charge in [0, 0.05) is 0 Å². The number of hydrogen-bond donors (Lipinski definition) is 2. The van der Waals surface area contributed by atoms with Crippen molar-refractivity contribution in [1.82, 2.24) is 0 Å². The first-order valence-corrected chi connectivity index (χ1v) is 2.33. The van der Waals surface area contributed by atoms with Gasteiger partial charge in [-0.1, -0.05) is 0 Å². The second-order valence-corrected chi connectivity index (χ2v) is 1.59. The van der Waals surface area contributed by atoms with Crippen LogP contribution < -0.4 is 11.5 Å². The SMILES string of the molecule is NC1=C(N)COC=C1. The van der Waals surface area contributed by atoms with E-state index in [1.807, 2.05) is 0 Å². The molecule has 0 spiro atoms. The van der Waals surface area contributed by atoms with Crippen LogP contribution in [0.2, 0.25) is 0 Å². The van der Waals surface area contributed by atoms with E-state index in [9.17, 15) is 0 Å². The van der Waals surface area contributed by atoms with E-state index in [1.54, 1.807) is 6.08 Å². The first-order chi connectivity index (χ1) is 3.80. The number of hydrogen-bond acceptors (Lipinski definition) is 3. The molecule has 0 atom stereocenters. The minimum Gasteiger partial charge on any atom is -0.495 e. The van der Waals surface area contributed by atoms with Gasteiger partial charge in [0.1, 0.15) is 6.61 Å². The number of ether oxygens (including phenoxy) is 1. The first kappa shape index (κ1) is 5.03. The Morgan fingerprint density at radius 2 is 2.25 bits per heavy atom. The van der Waals surface area contributed by atoms with Gasteiger partial charge in [-0.15, -0.1) is 0 Å². The van der Waals surface area contributed by atoms with Gasteiger partial charge in [0.2, 0.25) is 0 Å². The summed E-state index contributed by atoms with van der Waals surface area (Å²) in [5.74, 6) is 0. The Morgan fingerprint density at radius 3 is 2.62 bits per heavy atom. The first-order valence-electron chi connectivity index (χ1n) is 2.33. The topological polar surface area (TPSA) is 61.3 Å². The molecule has 0 fully saturated rings. The lowest BCUT2D eigenvalue weighted by atomic mass is 10.3. The zero-order chi connectivity index (χ0) is 5.98. The molecule has 0 saturated heterocycles. The highest BCUT2D eigenvalue weighted by Gasteiger charge is 1.98. The molecular formula is C5H8N2O. The van der Waals surface area contributed by atoms with Crippen molar-refractivity contribution in [2.45, 2.75) is 0 Å². The highest BCUT2D eigenvalue weighted by Crippen LogP contribution is 2.00. The molecule has 44 valence electrons. The minimum absolute atomic E-state index is 0.419. The van der Waals surface area contributed by atoms with Crippen molar-refractivity contribution in [3.63, 3.8) is 0 Å². The van der Waals surface area contributed by atoms with Crippen LogP contribution in [0.3, 0.4) is 0 Å². The van der Waals surface area contributed by atoms with Crippen LogP contribution in [0.1, 0.15) is 0 Å². The third kappa shape index (κ3) is 0.753. The lowest BCUT2D eigenvalue weighted by Gasteiger charge is -2.07. The van der Waals surface area contributed by atoms with Gasteiger partial charge >= 0.3 is 0 Å². The molecule has 1 aliphatic heterocycles. The summed E-state index contributed by atoms with van der Waals surface area (Å²) < 4.78 is 4.81. The summed E-state index contributed by atoms with van der Waals surface area (Å²) in [5.41, 5.74) is 11.9. The van der Waals surface area contributed by atoms with E-state index in [1.165, 1.54) is 6.26 Å². The second kappa shape index (κ2) is 1.78. The van der Waals surface area contributed by atoms with Crippen molar-refractivity contribution in [1.29, 1.82) is 0 Å². The molecule has 0 aliphatic carbocycles. The summed E-state index contributed by atoms with van der Waals surface area (Å²) in [5, 5.41) is 0. The van der Waals surface area contributed by atoms with E-state index >= 15 is 0 Å². The van der Waals surface area contributed by atoms with Gasteiger partial charge in [-0.05, 0) is 6.08 Å². The highest BCUT2D eigenvalue weighted by molar-refractivity contribution is 5.22. The normalized spacial score (nSPS) is 18.5. The largest absolute Gasteiger partial charge is 0.495 e. The quantitative estimate of drug-likeness (QED) is 0.450. The van der Waals surface area contributed by atoms with Crippen molar-refractivity contribution in [3.05, 3.63) is 23.7 Å². The van der Waals surface area contributed by atoms with Gasteiger partial charge in [0.25, 0.3) is 0 Å². The number of allylic oxidation sites excluding steroid dienone is 1. The maximum atomic E-state index is 5.37. The zero-order valence-corrected chi connectivity index (χ0v) is 4.42. The Morgan fingerprint density at radius 1 is 1.50 bits per heavy atom. The van der Waals surface area contributed by atoms with E-state index in [0.717, 1.165) is 0 Å². The van der Waals surface area contributed by atoms with Crippen LogP contribution in [0.15, 0.2) is 23.7 Å². The van der Waals surface area contributed by atoms with Gasteiger partial charge in [0.05, 0.1) is 17.7 Å². The molecule has 0 aromatic heterocycles. The van der Waals surface area contributed by atoms with Crippen LogP contribution in [-0.2, 0) is 4.74 Å². The van der Waals surface area contributed by atoms with Gasteiger partial charge < -0.3 is 16.2 Å². The molecule has 0 radical (unpaired) electrons. The summed E-state index contributed by atoms with van der Waals surface area (Å²) in [4.78, 5) is 0. The summed E-state index contributed by atoms with van der Waals surface area (Å²) >= 11 is 0. The molecule has 3 nitrogen and oxygen atoms in total. The standard InChI is InChI=1S/C5H8N2O/c6-4-1-2-8-3-5(4)7/h1-2H,3,6-7H2. The molecule has 1 aliphatic rings. The molecule has 0 unspecified atom stereocenters. The molecule has 0 amide bonds. The average molecular weight is 112 g/mol. The molecule has 0 aromatic carbocycles. The summed E-state index contributed by atoms with van der Waals surface area (Å²) in [6.45, 7) is 0.419. The Hall–Kier alpha value is -1.12. The molecule has 1 heterocycles. The Bertz CT molecular complexity index is 149. The molecule has 1 rings (SSSR count). The minimum atomic E-state index is 0.419.